The first-order valence-corrected chi connectivity index (χ1v) is 8.28. The summed E-state index contributed by atoms with van der Waals surface area (Å²) in [7, 11) is 1.33. The number of esters is 1. The zero-order valence-corrected chi connectivity index (χ0v) is 15.0. The van der Waals surface area contributed by atoms with Crippen molar-refractivity contribution in [1.29, 1.82) is 0 Å². The van der Waals surface area contributed by atoms with Crippen LogP contribution in [0.1, 0.15) is 52.1 Å². The molecule has 1 heterocycles. The number of hydrogen-bond acceptors (Lipinski definition) is 6. The number of aromatic nitrogens is 1. The Kier molecular flexibility index (Phi) is 5.36. The van der Waals surface area contributed by atoms with E-state index in [2.05, 4.69) is 10.3 Å². The number of benzene rings is 1. The summed E-state index contributed by atoms with van der Waals surface area (Å²) in [4.78, 5) is 29.1. The molecule has 0 aliphatic heterocycles. The summed E-state index contributed by atoms with van der Waals surface area (Å²) in [5, 5.41) is 3.11. The lowest BCUT2D eigenvalue weighted by Gasteiger charge is -2.16. The fourth-order valence-electron chi connectivity index (χ4n) is 2.07. The van der Waals surface area contributed by atoms with Crippen molar-refractivity contribution in [2.24, 2.45) is 5.73 Å². The number of nitrogens with zero attached hydrogens (tertiary/aromatic N) is 1. The van der Waals surface area contributed by atoms with Crippen LogP contribution in [0.3, 0.4) is 0 Å². The summed E-state index contributed by atoms with van der Waals surface area (Å²) >= 11 is 1.11. The number of anilines is 1. The summed E-state index contributed by atoms with van der Waals surface area (Å²) in [6, 6.07) is 7.02. The highest BCUT2D eigenvalue weighted by Gasteiger charge is 2.28. The Morgan fingerprint density at radius 2 is 1.88 bits per heavy atom. The van der Waals surface area contributed by atoms with Crippen LogP contribution in [0.5, 0.6) is 0 Å². The minimum Gasteiger partial charge on any atom is -0.465 e. The first-order valence-electron chi connectivity index (χ1n) is 7.46. The molecule has 7 heteroatoms. The molecule has 2 aromatic rings. The van der Waals surface area contributed by atoms with Gasteiger partial charge in [-0.15, -0.1) is 0 Å². The lowest BCUT2D eigenvalue weighted by Crippen LogP contribution is -2.17. The van der Waals surface area contributed by atoms with Gasteiger partial charge in [-0.25, -0.2) is 9.78 Å². The van der Waals surface area contributed by atoms with Gasteiger partial charge < -0.3 is 10.5 Å². The van der Waals surface area contributed by atoms with Crippen LogP contribution in [0.4, 0.5) is 5.13 Å². The number of hydrogen-bond donors (Lipinski definition) is 2. The molecule has 0 bridgehead atoms. The van der Waals surface area contributed by atoms with Crippen LogP contribution < -0.4 is 11.1 Å². The molecular weight excluding hydrogens is 326 g/mol. The Morgan fingerprint density at radius 1 is 1.25 bits per heavy atom. The van der Waals surface area contributed by atoms with E-state index in [0.717, 1.165) is 16.9 Å². The lowest BCUT2D eigenvalue weighted by atomic mass is 9.91. The normalized spacial score (nSPS) is 11.2. The van der Waals surface area contributed by atoms with E-state index in [-0.39, 0.29) is 11.3 Å². The Morgan fingerprint density at radius 3 is 2.38 bits per heavy atom. The van der Waals surface area contributed by atoms with Crippen LogP contribution in [0.15, 0.2) is 24.3 Å². The second kappa shape index (κ2) is 7.11. The predicted molar refractivity (Wildman–Crippen MR) is 94.4 cm³/mol. The molecule has 24 heavy (non-hydrogen) atoms. The molecular formula is C17H21N3O3S. The third-order valence-electron chi connectivity index (χ3n) is 3.38. The molecule has 0 radical (unpaired) electrons. The average molecular weight is 347 g/mol. The van der Waals surface area contributed by atoms with Crippen molar-refractivity contribution in [3.63, 3.8) is 0 Å². The highest BCUT2D eigenvalue weighted by atomic mass is 32.1. The van der Waals surface area contributed by atoms with Gasteiger partial charge in [0.15, 0.2) is 5.13 Å². The molecule has 3 N–H and O–H groups in total. The highest BCUT2D eigenvalue weighted by molar-refractivity contribution is 7.17. The second-order valence-electron chi connectivity index (χ2n) is 6.29. The van der Waals surface area contributed by atoms with Gasteiger partial charge in [-0.2, -0.15) is 0 Å². The smallest absolute Gasteiger partial charge is 0.350 e. The minimum atomic E-state index is -0.453. The van der Waals surface area contributed by atoms with Crippen LogP contribution >= 0.6 is 11.3 Å². The quantitative estimate of drug-likeness (QED) is 0.829. The minimum absolute atomic E-state index is 0.288. The van der Waals surface area contributed by atoms with Crippen LogP contribution in [0.25, 0.3) is 0 Å². The molecule has 128 valence electrons. The fraction of sp³-hybridized carbons (Fsp3) is 0.353. The van der Waals surface area contributed by atoms with Crippen molar-refractivity contribution in [3.8, 4) is 0 Å². The van der Waals surface area contributed by atoms with E-state index in [4.69, 9.17) is 10.5 Å². The number of ether oxygens (including phenoxy) is 1. The molecule has 1 amide bonds. The van der Waals surface area contributed by atoms with Crippen LogP contribution in [0, 0.1) is 0 Å². The molecule has 0 fully saturated rings. The molecule has 0 spiro atoms. The van der Waals surface area contributed by atoms with Crippen LogP contribution in [-0.2, 0) is 16.7 Å². The van der Waals surface area contributed by atoms with E-state index < -0.39 is 5.97 Å². The highest BCUT2D eigenvalue weighted by Crippen LogP contribution is 2.32. The summed E-state index contributed by atoms with van der Waals surface area (Å²) in [5.74, 6) is -0.741. The number of carbonyl (C=O) groups excluding carboxylic acids is 2. The summed E-state index contributed by atoms with van der Waals surface area (Å²) in [5.41, 5.74) is 7.26. The van der Waals surface area contributed by atoms with E-state index >= 15 is 0 Å². The van der Waals surface area contributed by atoms with Crippen molar-refractivity contribution in [2.45, 2.75) is 32.7 Å². The van der Waals surface area contributed by atoms with E-state index in [1.165, 1.54) is 7.11 Å². The molecule has 6 nitrogen and oxygen atoms in total. The maximum absolute atomic E-state index is 12.3. The zero-order valence-electron chi connectivity index (χ0n) is 14.2. The van der Waals surface area contributed by atoms with Crippen molar-refractivity contribution in [1.82, 2.24) is 4.98 Å². The lowest BCUT2D eigenvalue weighted by molar-refractivity contribution is 0.0603. The van der Waals surface area contributed by atoms with Gasteiger partial charge in [-0.05, 0) is 17.7 Å². The van der Waals surface area contributed by atoms with E-state index in [0.29, 0.717) is 27.8 Å². The van der Waals surface area contributed by atoms with Gasteiger partial charge in [0.1, 0.15) is 4.88 Å². The maximum atomic E-state index is 12.3. The fourth-order valence-corrected chi connectivity index (χ4v) is 3.16. The third kappa shape index (κ3) is 3.98. The monoisotopic (exact) mass is 347 g/mol. The Balaban J connectivity index is 2.27. The van der Waals surface area contributed by atoms with Gasteiger partial charge in [0.25, 0.3) is 5.91 Å². The Bertz CT molecular complexity index is 745. The molecule has 0 atom stereocenters. The van der Waals surface area contributed by atoms with Crippen LogP contribution in [0.2, 0.25) is 0 Å². The van der Waals surface area contributed by atoms with Crippen molar-refractivity contribution in [2.75, 3.05) is 12.4 Å². The first-order chi connectivity index (χ1) is 11.3. The van der Waals surface area contributed by atoms with Gasteiger partial charge in [0, 0.05) is 17.5 Å². The largest absolute Gasteiger partial charge is 0.465 e. The SMILES string of the molecule is COC(=O)c1sc(NC(=O)c2ccc(CN)cc2)nc1C(C)(C)C. The molecule has 1 aromatic carbocycles. The Hall–Kier alpha value is -2.25. The van der Waals surface area contributed by atoms with Crippen molar-refractivity contribution < 1.29 is 14.3 Å². The van der Waals surface area contributed by atoms with Crippen molar-refractivity contribution >= 4 is 28.3 Å². The third-order valence-corrected chi connectivity index (χ3v) is 4.33. The standard InChI is InChI=1S/C17H21N3O3S/c1-17(2,3)13-12(15(22)23-4)24-16(19-13)20-14(21)11-7-5-10(9-18)6-8-11/h5-8H,9,18H2,1-4H3,(H,19,20,21). The first kappa shape index (κ1) is 18.1. The number of carbonyl (C=O) groups is 2. The topological polar surface area (TPSA) is 94.3 Å². The molecule has 0 saturated carbocycles. The molecule has 2 rings (SSSR count). The summed E-state index contributed by atoms with van der Waals surface area (Å²) < 4.78 is 4.81. The van der Waals surface area contributed by atoms with Gasteiger partial charge in [0.2, 0.25) is 0 Å². The summed E-state index contributed by atoms with van der Waals surface area (Å²) in [6.07, 6.45) is 0. The molecule has 0 unspecified atom stereocenters. The number of nitrogens with two attached hydrogens (primary N) is 1. The van der Waals surface area contributed by atoms with Gasteiger partial charge >= 0.3 is 5.97 Å². The predicted octanol–water partition coefficient (Wildman–Crippen LogP) is 2.94. The van der Waals surface area contributed by atoms with Crippen LogP contribution in [-0.4, -0.2) is 24.0 Å². The molecule has 1 aromatic heterocycles. The van der Waals surface area contributed by atoms with Gasteiger partial charge in [-0.1, -0.05) is 44.2 Å². The number of amides is 1. The molecule has 0 aliphatic rings. The number of methoxy groups -OCH3 is 1. The summed E-state index contributed by atoms with van der Waals surface area (Å²) in [6.45, 7) is 6.27. The van der Waals surface area contributed by atoms with Crippen molar-refractivity contribution in [3.05, 3.63) is 46.0 Å². The zero-order chi connectivity index (χ0) is 17.9. The van der Waals surface area contributed by atoms with Gasteiger partial charge in [-0.3, -0.25) is 10.1 Å². The Labute approximate surface area is 145 Å². The van der Waals surface area contributed by atoms with E-state index in [1.807, 2.05) is 20.8 Å². The second-order valence-corrected chi connectivity index (χ2v) is 7.29. The van der Waals surface area contributed by atoms with E-state index in [1.54, 1.807) is 24.3 Å². The number of nitrogens with one attached hydrogen (secondary N) is 1. The van der Waals surface area contributed by atoms with E-state index in [9.17, 15) is 9.59 Å². The molecule has 0 saturated heterocycles. The maximum Gasteiger partial charge on any atom is 0.350 e. The number of thiazole rings is 1. The average Bonchev–Trinajstić information content (AvgIpc) is 2.98. The number of rotatable bonds is 4. The van der Waals surface area contributed by atoms with Gasteiger partial charge in [0.05, 0.1) is 12.8 Å². The molecule has 0 aliphatic carbocycles.